The highest BCUT2D eigenvalue weighted by atomic mass is 35.5. The molecule has 2 aromatic rings. The molecule has 1 amide bonds. The number of hydrogen-bond donors (Lipinski definition) is 1. The van der Waals surface area contributed by atoms with Crippen molar-refractivity contribution >= 4 is 27.5 Å². The summed E-state index contributed by atoms with van der Waals surface area (Å²) in [4.78, 5) is 14.3. The van der Waals surface area contributed by atoms with Crippen molar-refractivity contribution in [1.82, 2.24) is 9.62 Å². The van der Waals surface area contributed by atoms with Crippen molar-refractivity contribution in [1.29, 1.82) is 0 Å². The summed E-state index contributed by atoms with van der Waals surface area (Å²) in [5.74, 6) is -0.0522. The second-order valence-electron chi connectivity index (χ2n) is 7.12. The first-order valence-electron chi connectivity index (χ1n) is 9.71. The molecule has 0 unspecified atom stereocenters. The second kappa shape index (κ2) is 9.84. The SMILES string of the molecule is COc1ccc(S(=O)(=O)NCCC(=O)N(Cc2c(F)cccc2Cl)C2CC2)cc1OC. The number of amides is 1. The van der Waals surface area contributed by atoms with Crippen LogP contribution < -0.4 is 14.2 Å². The normalized spacial score (nSPS) is 13.7. The number of carbonyl (C=O) groups excluding carboxylic acids is 1. The third kappa shape index (κ3) is 5.66. The number of carbonyl (C=O) groups is 1. The average molecular weight is 471 g/mol. The third-order valence-corrected chi connectivity index (χ3v) is 6.81. The Kier molecular flexibility index (Phi) is 7.40. The van der Waals surface area contributed by atoms with Crippen LogP contribution in [0.3, 0.4) is 0 Å². The fourth-order valence-electron chi connectivity index (χ4n) is 3.16. The third-order valence-electron chi connectivity index (χ3n) is 4.99. The van der Waals surface area contributed by atoms with Gasteiger partial charge in [-0.2, -0.15) is 0 Å². The summed E-state index contributed by atoms with van der Waals surface area (Å²) in [6.07, 6.45) is 1.60. The Balaban J connectivity index is 1.64. The van der Waals surface area contributed by atoms with E-state index in [0.717, 1.165) is 12.8 Å². The smallest absolute Gasteiger partial charge is 0.240 e. The van der Waals surface area contributed by atoms with Gasteiger partial charge in [-0.25, -0.2) is 17.5 Å². The molecule has 0 spiro atoms. The monoisotopic (exact) mass is 470 g/mol. The molecule has 1 fully saturated rings. The number of nitrogens with zero attached hydrogens (tertiary/aromatic N) is 1. The molecule has 1 N–H and O–H groups in total. The van der Waals surface area contributed by atoms with Crippen LogP contribution in [0.15, 0.2) is 41.3 Å². The zero-order chi connectivity index (χ0) is 22.6. The predicted molar refractivity (Wildman–Crippen MR) is 114 cm³/mol. The highest BCUT2D eigenvalue weighted by Gasteiger charge is 2.33. The zero-order valence-electron chi connectivity index (χ0n) is 17.2. The Morgan fingerprint density at radius 1 is 1.19 bits per heavy atom. The van der Waals surface area contributed by atoms with E-state index in [0.29, 0.717) is 5.75 Å². The number of ether oxygens (including phenoxy) is 2. The summed E-state index contributed by atoms with van der Waals surface area (Å²) >= 11 is 6.09. The lowest BCUT2D eigenvalue weighted by molar-refractivity contribution is -0.132. The molecular weight excluding hydrogens is 447 g/mol. The van der Waals surface area contributed by atoms with Crippen molar-refractivity contribution in [2.24, 2.45) is 0 Å². The van der Waals surface area contributed by atoms with Crippen molar-refractivity contribution in [2.45, 2.75) is 36.7 Å². The molecule has 0 aromatic heterocycles. The first kappa shape index (κ1) is 23.3. The molecule has 31 heavy (non-hydrogen) atoms. The molecule has 1 aliphatic rings. The minimum absolute atomic E-state index is 0.00483. The van der Waals surface area contributed by atoms with Crippen molar-refractivity contribution in [3.8, 4) is 11.5 Å². The summed E-state index contributed by atoms with van der Waals surface area (Å²) in [6.45, 7) is -0.0405. The van der Waals surface area contributed by atoms with E-state index in [1.54, 1.807) is 11.0 Å². The summed E-state index contributed by atoms with van der Waals surface area (Å²) in [5, 5.41) is 0.257. The summed E-state index contributed by atoms with van der Waals surface area (Å²) in [6, 6.07) is 8.63. The topological polar surface area (TPSA) is 84.9 Å². The van der Waals surface area contributed by atoms with Gasteiger partial charge in [0.15, 0.2) is 11.5 Å². The van der Waals surface area contributed by atoms with Gasteiger partial charge < -0.3 is 14.4 Å². The number of halogens is 2. The minimum atomic E-state index is -3.85. The number of rotatable bonds is 10. The lowest BCUT2D eigenvalue weighted by Gasteiger charge is -2.23. The van der Waals surface area contributed by atoms with Crippen LogP contribution in [0.1, 0.15) is 24.8 Å². The van der Waals surface area contributed by atoms with E-state index in [1.807, 2.05) is 0 Å². The van der Waals surface area contributed by atoms with E-state index >= 15 is 0 Å². The summed E-state index contributed by atoms with van der Waals surface area (Å²) in [7, 11) is -0.988. The van der Waals surface area contributed by atoms with E-state index in [9.17, 15) is 17.6 Å². The van der Waals surface area contributed by atoms with Crippen LogP contribution in [-0.2, 0) is 21.4 Å². The first-order valence-corrected chi connectivity index (χ1v) is 11.6. The lowest BCUT2D eigenvalue weighted by Crippen LogP contribution is -2.36. The Morgan fingerprint density at radius 2 is 1.90 bits per heavy atom. The molecule has 0 heterocycles. The average Bonchev–Trinajstić information content (AvgIpc) is 3.58. The van der Waals surface area contributed by atoms with E-state index in [4.69, 9.17) is 21.1 Å². The van der Waals surface area contributed by atoms with Crippen LogP contribution in [-0.4, -0.2) is 46.0 Å². The van der Waals surface area contributed by atoms with Gasteiger partial charge in [0.1, 0.15) is 5.82 Å². The molecule has 7 nitrogen and oxygen atoms in total. The van der Waals surface area contributed by atoms with E-state index in [2.05, 4.69) is 4.72 Å². The number of nitrogens with one attached hydrogen (secondary N) is 1. The minimum Gasteiger partial charge on any atom is -0.493 e. The Morgan fingerprint density at radius 3 is 2.52 bits per heavy atom. The number of hydrogen-bond acceptors (Lipinski definition) is 5. The zero-order valence-corrected chi connectivity index (χ0v) is 18.8. The van der Waals surface area contributed by atoms with Gasteiger partial charge in [0.05, 0.1) is 25.7 Å². The number of benzene rings is 2. The molecule has 0 aliphatic heterocycles. The molecule has 168 valence electrons. The molecule has 1 aliphatic carbocycles. The van der Waals surface area contributed by atoms with Crippen molar-refractivity contribution in [2.75, 3.05) is 20.8 Å². The lowest BCUT2D eigenvalue weighted by atomic mass is 10.2. The molecule has 0 radical (unpaired) electrons. The van der Waals surface area contributed by atoms with Gasteiger partial charge in [-0.3, -0.25) is 4.79 Å². The standard InChI is InChI=1S/C21H24ClFN2O5S/c1-29-19-9-8-15(12-20(19)30-2)31(27,28)24-11-10-21(26)25(14-6-7-14)13-16-17(22)4-3-5-18(16)23/h3-5,8-9,12,14,24H,6-7,10-11,13H2,1-2H3. The Hall–Kier alpha value is -2.36. The molecule has 0 atom stereocenters. The van der Waals surface area contributed by atoms with Crippen LogP contribution in [0, 0.1) is 5.82 Å². The van der Waals surface area contributed by atoms with Gasteiger partial charge in [0, 0.05) is 35.7 Å². The highest BCUT2D eigenvalue weighted by Crippen LogP contribution is 2.31. The van der Waals surface area contributed by atoms with Gasteiger partial charge in [-0.1, -0.05) is 17.7 Å². The quantitative estimate of drug-likeness (QED) is 0.575. The van der Waals surface area contributed by atoms with Crippen LogP contribution >= 0.6 is 11.6 Å². The maximum absolute atomic E-state index is 14.1. The number of methoxy groups -OCH3 is 2. The van der Waals surface area contributed by atoms with Gasteiger partial charge >= 0.3 is 0 Å². The Labute approximate surface area is 186 Å². The van der Waals surface area contributed by atoms with Crippen LogP contribution in [0.4, 0.5) is 4.39 Å². The second-order valence-corrected chi connectivity index (χ2v) is 9.29. The van der Waals surface area contributed by atoms with Gasteiger partial charge in [0.25, 0.3) is 0 Å². The number of sulfonamides is 1. The fourth-order valence-corrected chi connectivity index (χ4v) is 4.43. The summed E-state index contributed by atoms with van der Waals surface area (Å²) in [5.41, 5.74) is 0.260. The van der Waals surface area contributed by atoms with E-state index in [-0.39, 0.29) is 52.7 Å². The van der Waals surface area contributed by atoms with Crippen molar-refractivity contribution in [3.05, 3.63) is 52.8 Å². The van der Waals surface area contributed by atoms with Crippen molar-refractivity contribution in [3.63, 3.8) is 0 Å². The fraction of sp³-hybridized carbons (Fsp3) is 0.381. The summed E-state index contributed by atoms with van der Waals surface area (Å²) < 4.78 is 52.0. The maximum atomic E-state index is 14.1. The highest BCUT2D eigenvalue weighted by molar-refractivity contribution is 7.89. The molecule has 10 heteroatoms. The Bertz CT molecular complexity index is 1040. The van der Waals surface area contributed by atoms with Crippen molar-refractivity contribution < 1.29 is 27.1 Å². The molecule has 2 aromatic carbocycles. The van der Waals surface area contributed by atoms with Crippen LogP contribution in [0.2, 0.25) is 5.02 Å². The van der Waals surface area contributed by atoms with Crippen LogP contribution in [0.5, 0.6) is 11.5 Å². The predicted octanol–water partition coefficient (Wildman–Crippen LogP) is 3.36. The van der Waals surface area contributed by atoms with E-state index in [1.165, 1.54) is 44.6 Å². The molecule has 3 rings (SSSR count). The van der Waals surface area contributed by atoms with Crippen LogP contribution in [0.25, 0.3) is 0 Å². The molecule has 0 bridgehead atoms. The van der Waals surface area contributed by atoms with E-state index < -0.39 is 15.8 Å². The van der Waals surface area contributed by atoms with Gasteiger partial charge in [0.2, 0.25) is 15.9 Å². The van der Waals surface area contributed by atoms with Gasteiger partial charge in [-0.05, 0) is 37.1 Å². The largest absolute Gasteiger partial charge is 0.493 e. The molecular formula is C21H24ClFN2O5S. The maximum Gasteiger partial charge on any atom is 0.240 e. The van der Waals surface area contributed by atoms with Gasteiger partial charge in [-0.15, -0.1) is 0 Å². The molecule has 1 saturated carbocycles. The molecule has 0 saturated heterocycles. The first-order chi connectivity index (χ1) is 14.8.